The Labute approximate surface area is 169 Å². The fourth-order valence-electron chi connectivity index (χ4n) is 2.61. The maximum Gasteiger partial charge on any atom is 0.306 e. The third-order valence-corrected chi connectivity index (χ3v) is 4.43. The van der Waals surface area contributed by atoms with Gasteiger partial charge in [-0.15, -0.1) is 0 Å². The zero-order valence-corrected chi connectivity index (χ0v) is 16.9. The van der Waals surface area contributed by atoms with Crippen molar-refractivity contribution in [1.29, 1.82) is 0 Å². The Morgan fingerprint density at radius 3 is 2.24 bits per heavy atom. The second-order valence-electron chi connectivity index (χ2n) is 6.31. The van der Waals surface area contributed by atoms with Crippen LogP contribution >= 0.6 is 0 Å². The number of nitro benzene ring substituents is 1. The second kappa shape index (κ2) is 9.99. The van der Waals surface area contributed by atoms with Gasteiger partial charge in [0.25, 0.3) is 11.6 Å². The minimum atomic E-state index is -3.61. The number of carbonyl (C=O) groups excluding carboxylic acids is 1. The summed E-state index contributed by atoms with van der Waals surface area (Å²) >= 11 is 0. The van der Waals surface area contributed by atoms with Crippen molar-refractivity contribution < 1.29 is 27.1 Å². The molecule has 10 heteroatoms. The third-order valence-electron chi connectivity index (χ3n) is 3.93. The molecule has 0 spiro atoms. The summed E-state index contributed by atoms with van der Waals surface area (Å²) in [6.45, 7) is 1.18. The summed E-state index contributed by atoms with van der Waals surface area (Å²) in [5.74, 6) is -0.0867. The van der Waals surface area contributed by atoms with Crippen LogP contribution in [-0.2, 0) is 21.4 Å². The van der Waals surface area contributed by atoms with Gasteiger partial charge >= 0.3 is 10.1 Å². The highest BCUT2D eigenvalue weighted by atomic mass is 32.2. The molecule has 1 amide bonds. The lowest BCUT2D eigenvalue weighted by Crippen LogP contribution is -2.32. The SMILES string of the molecule is COCCCN(Cc1ccc(OS(C)(=O)=O)cc1)C(=O)c1ccc([N+](=O)[O-])cc1. The quantitative estimate of drug-likeness (QED) is 0.250. The van der Waals surface area contributed by atoms with Gasteiger partial charge in [0.15, 0.2) is 0 Å². The number of amides is 1. The maximum absolute atomic E-state index is 12.9. The van der Waals surface area contributed by atoms with Crippen molar-refractivity contribution in [1.82, 2.24) is 4.90 Å². The van der Waals surface area contributed by atoms with Crippen LogP contribution in [0.25, 0.3) is 0 Å². The molecule has 0 aromatic heterocycles. The Balaban J connectivity index is 2.16. The first-order valence-electron chi connectivity index (χ1n) is 8.70. The lowest BCUT2D eigenvalue weighted by molar-refractivity contribution is -0.384. The molecule has 9 nitrogen and oxygen atoms in total. The molecule has 2 aromatic carbocycles. The van der Waals surface area contributed by atoms with Gasteiger partial charge in [-0.2, -0.15) is 8.42 Å². The van der Waals surface area contributed by atoms with Gasteiger partial charge in [-0.1, -0.05) is 12.1 Å². The van der Waals surface area contributed by atoms with Crippen LogP contribution in [0.2, 0.25) is 0 Å². The van der Waals surface area contributed by atoms with Gasteiger partial charge in [0.05, 0.1) is 11.2 Å². The number of ether oxygens (including phenoxy) is 1. The molecule has 2 rings (SSSR count). The van der Waals surface area contributed by atoms with Crippen LogP contribution in [-0.4, -0.2) is 50.7 Å². The zero-order valence-electron chi connectivity index (χ0n) is 16.1. The van der Waals surface area contributed by atoms with Crippen molar-refractivity contribution in [3.8, 4) is 5.75 Å². The number of benzene rings is 2. The summed E-state index contributed by atoms with van der Waals surface area (Å²) in [5.41, 5.74) is 1.03. The lowest BCUT2D eigenvalue weighted by Gasteiger charge is -2.23. The van der Waals surface area contributed by atoms with Gasteiger partial charge in [0, 0.05) is 44.5 Å². The Morgan fingerprint density at radius 1 is 1.10 bits per heavy atom. The number of rotatable bonds is 10. The molecule has 0 radical (unpaired) electrons. The minimum absolute atomic E-state index is 0.0889. The van der Waals surface area contributed by atoms with Crippen LogP contribution < -0.4 is 4.18 Å². The highest BCUT2D eigenvalue weighted by molar-refractivity contribution is 7.86. The van der Waals surface area contributed by atoms with Crippen molar-refractivity contribution >= 4 is 21.7 Å². The molecule has 0 aliphatic heterocycles. The van der Waals surface area contributed by atoms with E-state index in [-0.39, 0.29) is 23.9 Å². The molecule has 0 bridgehead atoms. The Bertz CT molecular complexity index is 942. The molecular weight excluding hydrogens is 400 g/mol. The average molecular weight is 422 g/mol. The van der Waals surface area contributed by atoms with Gasteiger partial charge in [-0.05, 0) is 36.2 Å². The summed E-state index contributed by atoms with van der Waals surface area (Å²) in [6, 6.07) is 11.8. The van der Waals surface area contributed by atoms with E-state index in [9.17, 15) is 23.3 Å². The predicted molar refractivity (Wildman–Crippen MR) is 106 cm³/mol. The molecule has 0 saturated carbocycles. The van der Waals surface area contributed by atoms with Crippen LogP contribution in [0.3, 0.4) is 0 Å². The predicted octanol–water partition coefficient (Wildman–Crippen LogP) is 2.61. The van der Waals surface area contributed by atoms with E-state index < -0.39 is 15.0 Å². The second-order valence-corrected chi connectivity index (χ2v) is 7.88. The lowest BCUT2D eigenvalue weighted by atomic mass is 10.1. The molecule has 0 saturated heterocycles. The number of hydrogen-bond acceptors (Lipinski definition) is 7. The normalized spacial score (nSPS) is 11.1. The molecular formula is C19H22N2O7S. The van der Waals surface area contributed by atoms with Gasteiger partial charge in [0.2, 0.25) is 0 Å². The van der Waals surface area contributed by atoms with Crippen LogP contribution in [0.4, 0.5) is 5.69 Å². The summed E-state index contributed by atoms with van der Waals surface area (Å²) < 4.78 is 32.2. The van der Waals surface area contributed by atoms with E-state index in [1.54, 1.807) is 24.1 Å². The summed E-state index contributed by atoms with van der Waals surface area (Å²) in [5, 5.41) is 10.8. The Kier molecular flexibility index (Phi) is 7.68. The van der Waals surface area contributed by atoms with Crippen LogP contribution in [0, 0.1) is 10.1 Å². The first kappa shape index (κ1) is 22.3. The minimum Gasteiger partial charge on any atom is -0.385 e. The number of nitrogens with zero attached hydrogens (tertiary/aromatic N) is 2. The molecule has 0 heterocycles. The first-order valence-corrected chi connectivity index (χ1v) is 10.5. The fourth-order valence-corrected chi connectivity index (χ4v) is 3.07. The van der Waals surface area contributed by atoms with Gasteiger partial charge in [0.1, 0.15) is 5.75 Å². The number of nitro groups is 1. The Hall–Kier alpha value is -2.98. The van der Waals surface area contributed by atoms with Gasteiger partial charge < -0.3 is 13.8 Å². The summed E-state index contributed by atoms with van der Waals surface area (Å²) in [6.07, 6.45) is 1.58. The third kappa shape index (κ3) is 7.16. The maximum atomic E-state index is 12.9. The van der Waals surface area contributed by atoms with E-state index in [2.05, 4.69) is 0 Å². The highest BCUT2D eigenvalue weighted by Crippen LogP contribution is 2.18. The molecule has 0 unspecified atom stereocenters. The van der Waals surface area contributed by atoms with E-state index in [4.69, 9.17) is 8.92 Å². The largest absolute Gasteiger partial charge is 0.385 e. The standard InChI is InChI=1S/C19H22N2O7S/c1-27-13-3-12-20(19(22)16-6-8-17(9-7-16)21(23)24)14-15-4-10-18(11-5-15)28-29(2,25)26/h4-11H,3,12-14H2,1-2H3. The van der Waals surface area contributed by atoms with E-state index in [1.807, 2.05) is 0 Å². The summed E-state index contributed by atoms with van der Waals surface area (Å²) in [4.78, 5) is 24.8. The number of hydrogen-bond donors (Lipinski definition) is 0. The van der Waals surface area contributed by atoms with Crippen molar-refractivity contribution in [3.63, 3.8) is 0 Å². The topological polar surface area (TPSA) is 116 Å². The monoisotopic (exact) mass is 422 g/mol. The molecule has 0 aliphatic carbocycles. The summed E-state index contributed by atoms with van der Waals surface area (Å²) in [7, 11) is -2.04. The van der Waals surface area contributed by atoms with Crippen LogP contribution in [0.5, 0.6) is 5.75 Å². The van der Waals surface area contributed by atoms with Crippen LogP contribution in [0.15, 0.2) is 48.5 Å². The first-order chi connectivity index (χ1) is 13.7. The van der Waals surface area contributed by atoms with Crippen molar-refractivity contribution in [2.24, 2.45) is 0 Å². The molecule has 0 N–H and O–H groups in total. The number of carbonyl (C=O) groups is 1. The van der Waals surface area contributed by atoms with Crippen molar-refractivity contribution in [2.75, 3.05) is 26.5 Å². The molecule has 0 atom stereocenters. The average Bonchev–Trinajstić information content (AvgIpc) is 2.67. The number of non-ortho nitro benzene ring substituents is 1. The van der Waals surface area contributed by atoms with Crippen LogP contribution in [0.1, 0.15) is 22.3 Å². The van der Waals surface area contributed by atoms with E-state index in [1.165, 1.54) is 36.4 Å². The number of methoxy groups -OCH3 is 1. The molecule has 2 aromatic rings. The molecule has 0 aliphatic rings. The van der Waals surface area contributed by atoms with E-state index >= 15 is 0 Å². The highest BCUT2D eigenvalue weighted by Gasteiger charge is 2.17. The van der Waals surface area contributed by atoms with Gasteiger partial charge in [-0.25, -0.2) is 0 Å². The van der Waals surface area contributed by atoms with E-state index in [0.717, 1.165) is 11.8 Å². The molecule has 0 fully saturated rings. The van der Waals surface area contributed by atoms with Crippen molar-refractivity contribution in [2.45, 2.75) is 13.0 Å². The Morgan fingerprint density at radius 2 is 1.72 bits per heavy atom. The van der Waals surface area contributed by atoms with Crippen molar-refractivity contribution in [3.05, 3.63) is 69.8 Å². The molecule has 156 valence electrons. The molecule has 29 heavy (non-hydrogen) atoms. The smallest absolute Gasteiger partial charge is 0.306 e. The fraction of sp³-hybridized carbons (Fsp3) is 0.316. The van der Waals surface area contributed by atoms with E-state index in [0.29, 0.717) is 25.1 Å². The zero-order chi connectivity index (χ0) is 21.4. The van der Waals surface area contributed by atoms with Gasteiger partial charge in [-0.3, -0.25) is 14.9 Å².